The summed E-state index contributed by atoms with van der Waals surface area (Å²) in [5.74, 6) is -0.782. The fourth-order valence-corrected chi connectivity index (χ4v) is 5.23. The number of benzene rings is 1. The van der Waals surface area contributed by atoms with Crippen LogP contribution in [0.25, 0.3) is 0 Å². The molecule has 3 unspecified atom stereocenters. The van der Waals surface area contributed by atoms with E-state index in [-0.39, 0.29) is 60.4 Å². The third-order valence-electron chi connectivity index (χ3n) is 7.10. The monoisotopic (exact) mass is 541 g/mol. The van der Waals surface area contributed by atoms with Crippen LogP contribution in [0.2, 0.25) is 0 Å². The van der Waals surface area contributed by atoms with Gasteiger partial charge in [-0.25, -0.2) is 4.98 Å². The third kappa shape index (κ3) is 6.15. The predicted octanol–water partition coefficient (Wildman–Crippen LogP) is 1.10. The van der Waals surface area contributed by atoms with E-state index in [0.29, 0.717) is 42.6 Å². The smallest absolute Gasteiger partial charge is 0.275 e. The van der Waals surface area contributed by atoms with Crippen LogP contribution in [0.3, 0.4) is 0 Å². The molecule has 3 atom stereocenters. The lowest BCUT2D eigenvalue weighted by molar-refractivity contribution is -0.131. The van der Waals surface area contributed by atoms with Crippen molar-refractivity contribution in [3.63, 3.8) is 0 Å². The molecule has 2 N–H and O–H groups in total. The van der Waals surface area contributed by atoms with Crippen LogP contribution in [-0.4, -0.2) is 91.4 Å². The van der Waals surface area contributed by atoms with Crippen LogP contribution < -0.4 is 20.1 Å². The number of methoxy groups -OCH3 is 1. The number of rotatable bonds is 8. The second kappa shape index (κ2) is 11.7. The van der Waals surface area contributed by atoms with Crippen molar-refractivity contribution >= 4 is 23.6 Å². The Morgan fingerprint density at radius 1 is 1.08 bits per heavy atom. The molecule has 2 fully saturated rings. The van der Waals surface area contributed by atoms with Gasteiger partial charge in [0.2, 0.25) is 11.8 Å². The average molecular weight is 542 g/mol. The van der Waals surface area contributed by atoms with Crippen LogP contribution in [0.15, 0.2) is 28.9 Å². The highest BCUT2D eigenvalue weighted by atomic mass is 16.5. The summed E-state index contributed by atoms with van der Waals surface area (Å²) in [6.07, 6.45) is 1.25. The Labute approximate surface area is 227 Å². The molecule has 2 aromatic rings. The van der Waals surface area contributed by atoms with Gasteiger partial charge in [-0.3, -0.25) is 19.2 Å². The number of carbonyl (C=O) groups is 4. The van der Waals surface area contributed by atoms with Crippen molar-refractivity contribution in [3.8, 4) is 11.5 Å². The van der Waals surface area contributed by atoms with E-state index >= 15 is 0 Å². The Morgan fingerprint density at radius 3 is 2.41 bits per heavy atom. The standard InChI is InChI=1S/C27H35N5O7/c1-15(2)39-22-7-6-17(8-23(22)37-5)26(35)31-10-18-11-32(27(36)21-14-38-16(3)30-21)13-20(19(18)12-31)25(34)29-9-24(33)28-4/h6-8,14-15,18-20H,9-13H2,1-5H3,(H,28,33)(H,29,34). The van der Waals surface area contributed by atoms with Gasteiger partial charge in [-0.1, -0.05) is 0 Å². The van der Waals surface area contributed by atoms with Crippen molar-refractivity contribution in [1.29, 1.82) is 0 Å². The van der Waals surface area contributed by atoms with E-state index in [9.17, 15) is 19.2 Å². The first-order valence-corrected chi connectivity index (χ1v) is 12.9. The maximum absolute atomic E-state index is 13.5. The lowest BCUT2D eigenvalue weighted by Crippen LogP contribution is -2.53. The normalized spacial score (nSPS) is 20.4. The van der Waals surface area contributed by atoms with E-state index in [2.05, 4.69) is 15.6 Å². The number of amides is 4. The van der Waals surface area contributed by atoms with Crippen LogP contribution in [0, 0.1) is 24.7 Å². The second-order valence-corrected chi connectivity index (χ2v) is 10.1. The molecule has 3 heterocycles. The summed E-state index contributed by atoms with van der Waals surface area (Å²) in [5.41, 5.74) is 0.602. The molecule has 2 aliphatic rings. The summed E-state index contributed by atoms with van der Waals surface area (Å²) in [6, 6.07) is 5.06. The van der Waals surface area contributed by atoms with Crippen molar-refractivity contribution in [2.45, 2.75) is 26.9 Å². The average Bonchev–Trinajstić information content (AvgIpc) is 3.56. The minimum atomic E-state index is -0.612. The Bertz CT molecular complexity index is 1240. The zero-order valence-corrected chi connectivity index (χ0v) is 22.9. The molecule has 2 aliphatic heterocycles. The number of carbonyl (C=O) groups excluding carboxylic acids is 4. The zero-order valence-electron chi connectivity index (χ0n) is 22.9. The molecule has 1 aromatic carbocycles. The number of ether oxygens (including phenoxy) is 2. The maximum atomic E-state index is 13.5. The van der Waals surface area contributed by atoms with E-state index < -0.39 is 5.92 Å². The van der Waals surface area contributed by atoms with Gasteiger partial charge in [0, 0.05) is 45.7 Å². The van der Waals surface area contributed by atoms with E-state index in [1.165, 1.54) is 20.4 Å². The number of fused-ring (bicyclic) bond motifs is 1. The SMILES string of the molecule is CNC(=O)CNC(=O)C1CN(C(=O)c2coc(C)n2)CC2CN(C(=O)c3ccc(OC(C)C)c(OC)c3)CC21. The van der Waals surface area contributed by atoms with Crippen LogP contribution >= 0.6 is 0 Å². The summed E-state index contributed by atoms with van der Waals surface area (Å²) >= 11 is 0. The first kappa shape index (κ1) is 27.9. The Hall–Kier alpha value is -4.09. The number of nitrogens with zero attached hydrogens (tertiary/aromatic N) is 3. The molecule has 12 nitrogen and oxygen atoms in total. The highest BCUT2D eigenvalue weighted by Crippen LogP contribution is 2.37. The fourth-order valence-electron chi connectivity index (χ4n) is 5.23. The molecule has 12 heteroatoms. The lowest BCUT2D eigenvalue weighted by Gasteiger charge is -2.39. The topological polar surface area (TPSA) is 143 Å². The minimum absolute atomic E-state index is 0.0551. The molecule has 210 valence electrons. The van der Waals surface area contributed by atoms with Crippen molar-refractivity contribution in [2.75, 3.05) is 46.9 Å². The molecule has 0 bridgehead atoms. The van der Waals surface area contributed by atoms with Gasteiger partial charge in [0.05, 0.1) is 25.7 Å². The molecule has 1 aromatic heterocycles. The maximum Gasteiger partial charge on any atom is 0.275 e. The Balaban J connectivity index is 1.55. The summed E-state index contributed by atoms with van der Waals surface area (Å²) < 4.78 is 16.4. The highest BCUT2D eigenvalue weighted by Gasteiger charge is 2.48. The molecular formula is C27H35N5O7. The van der Waals surface area contributed by atoms with E-state index in [4.69, 9.17) is 13.9 Å². The first-order valence-electron chi connectivity index (χ1n) is 12.9. The molecule has 0 spiro atoms. The summed E-state index contributed by atoms with van der Waals surface area (Å²) in [6.45, 7) is 6.51. The molecule has 0 saturated carbocycles. The van der Waals surface area contributed by atoms with E-state index in [1.54, 1.807) is 34.9 Å². The Morgan fingerprint density at radius 2 is 1.79 bits per heavy atom. The molecule has 4 amide bonds. The summed E-state index contributed by atoms with van der Waals surface area (Å²) in [7, 11) is 3.01. The van der Waals surface area contributed by atoms with Gasteiger partial charge < -0.3 is 34.3 Å². The number of piperidine rings is 1. The van der Waals surface area contributed by atoms with Crippen molar-refractivity contribution in [2.24, 2.45) is 17.8 Å². The van der Waals surface area contributed by atoms with E-state index in [0.717, 1.165) is 0 Å². The van der Waals surface area contributed by atoms with Gasteiger partial charge in [-0.15, -0.1) is 0 Å². The third-order valence-corrected chi connectivity index (χ3v) is 7.10. The number of nitrogens with one attached hydrogen (secondary N) is 2. The van der Waals surface area contributed by atoms with Crippen molar-refractivity contribution < 1.29 is 33.1 Å². The number of hydrogen-bond donors (Lipinski definition) is 2. The quantitative estimate of drug-likeness (QED) is 0.506. The largest absolute Gasteiger partial charge is 0.493 e. The van der Waals surface area contributed by atoms with E-state index in [1.807, 2.05) is 13.8 Å². The lowest BCUT2D eigenvalue weighted by atomic mass is 9.79. The molecule has 2 saturated heterocycles. The number of aryl methyl sites for hydroxylation is 1. The Kier molecular flexibility index (Phi) is 8.41. The molecule has 39 heavy (non-hydrogen) atoms. The van der Waals surface area contributed by atoms with Gasteiger partial charge in [-0.2, -0.15) is 0 Å². The first-order chi connectivity index (χ1) is 18.6. The fraction of sp³-hybridized carbons (Fsp3) is 0.519. The highest BCUT2D eigenvalue weighted by molar-refractivity contribution is 5.96. The van der Waals surface area contributed by atoms with Gasteiger partial charge >= 0.3 is 0 Å². The van der Waals surface area contributed by atoms with Crippen molar-refractivity contribution in [3.05, 3.63) is 41.6 Å². The number of aromatic nitrogens is 1. The van der Waals surface area contributed by atoms with Gasteiger partial charge in [-0.05, 0) is 43.9 Å². The number of likely N-dealkylation sites (N-methyl/N-ethyl adjacent to an activating group) is 1. The number of hydrogen-bond acceptors (Lipinski definition) is 8. The van der Waals surface area contributed by atoms with Crippen LogP contribution in [0.5, 0.6) is 11.5 Å². The van der Waals surface area contributed by atoms with Gasteiger partial charge in [0.15, 0.2) is 23.1 Å². The molecule has 0 radical (unpaired) electrons. The zero-order chi connectivity index (χ0) is 28.3. The number of oxazole rings is 1. The second-order valence-electron chi connectivity index (χ2n) is 10.1. The van der Waals surface area contributed by atoms with Gasteiger partial charge in [0.1, 0.15) is 6.26 Å². The molecule has 0 aliphatic carbocycles. The van der Waals surface area contributed by atoms with Gasteiger partial charge in [0.25, 0.3) is 11.8 Å². The number of likely N-dealkylation sites (tertiary alicyclic amines) is 2. The molecular weight excluding hydrogens is 506 g/mol. The molecule has 4 rings (SSSR count). The predicted molar refractivity (Wildman–Crippen MR) is 139 cm³/mol. The minimum Gasteiger partial charge on any atom is -0.493 e. The summed E-state index contributed by atoms with van der Waals surface area (Å²) in [5, 5.41) is 5.15. The van der Waals surface area contributed by atoms with Crippen LogP contribution in [-0.2, 0) is 9.59 Å². The summed E-state index contributed by atoms with van der Waals surface area (Å²) in [4.78, 5) is 59.1. The van der Waals surface area contributed by atoms with Crippen molar-refractivity contribution in [1.82, 2.24) is 25.4 Å². The van der Waals surface area contributed by atoms with Crippen LogP contribution in [0.1, 0.15) is 40.6 Å². The van der Waals surface area contributed by atoms with Crippen LogP contribution in [0.4, 0.5) is 0 Å².